The molecule has 0 bridgehead atoms. The van der Waals surface area contributed by atoms with E-state index in [1.807, 2.05) is 33.8 Å². The van der Waals surface area contributed by atoms with E-state index in [4.69, 9.17) is 5.11 Å². The number of aromatic carboxylic acids is 1. The molecule has 0 unspecified atom stereocenters. The molecule has 0 saturated heterocycles. The number of carboxylic acid groups (broad SMARTS) is 1. The van der Waals surface area contributed by atoms with Crippen LogP contribution in [0, 0.1) is 0 Å². The Kier molecular flexibility index (Phi) is 5.73. The van der Waals surface area contributed by atoms with E-state index >= 15 is 0 Å². The molecule has 1 rings (SSSR count). The number of carboxylic acids is 1. The molecule has 97 valence electrons. The van der Waals surface area contributed by atoms with Crippen LogP contribution in [0.3, 0.4) is 0 Å². The Balaban J connectivity index is 0.00000256. The Bertz CT molecular complexity index is 411. The summed E-state index contributed by atoms with van der Waals surface area (Å²) in [6.07, 6.45) is 0. The molecule has 0 saturated carbocycles. The van der Waals surface area contributed by atoms with Gasteiger partial charge in [-0.25, -0.2) is 4.79 Å². The first-order valence-electron chi connectivity index (χ1n) is 5.42. The van der Waals surface area contributed by atoms with Crippen LogP contribution in [0.15, 0.2) is 12.1 Å². The number of hydrogen-bond acceptors (Lipinski definition) is 2. The third-order valence-electron chi connectivity index (χ3n) is 2.66. The van der Waals surface area contributed by atoms with Gasteiger partial charge in [-0.3, -0.25) is 0 Å². The minimum absolute atomic E-state index is 0. The van der Waals surface area contributed by atoms with E-state index in [2.05, 4.69) is 0 Å². The van der Waals surface area contributed by atoms with Gasteiger partial charge in [0.2, 0.25) is 0 Å². The van der Waals surface area contributed by atoms with E-state index < -0.39 is 5.97 Å². The maximum Gasteiger partial charge on any atom is 2.00 e. The van der Waals surface area contributed by atoms with Gasteiger partial charge in [0.1, 0.15) is 0 Å². The van der Waals surface area contributed by atoms with Crippen molar-refractivity contribution in [1.82, 2.24) is 0 Å². The van der Waals surface area contributed by atoms with Crippen LogP contribution in [0.25, 0.3) is 0 Å². The van der Waals surface area contributed by atoms with Crippen molar-refractivity contribution in [3.8, 4) is 5.75 Å². The van der Waals surface area contributed by atoms with Gasteiger partial charge in [-0.05, 0) is 23.5 Å². The van der Waals surface area contributed by atoms with Crippen molar-refractivity contribution in [2.24, 2.45) is 0 Å². The smallest absolute Gasteiger partial charge is 0.872 e. The van der Waals surface area contributed by atoms with Crippen molar-refractivity contribution in [3.05, 3.63) is 28.8 Å². The van der Waals surface area contributed by atoms with Gasteiger partial charge in [-0.1, -0.05) is 45.1 Å². The molecule has 1 aromatic carbocycles. The molecule has 0 amide bonds. The molecule has 0 aliphatic heterocycles. The molecular weight excluding hydrogens is 268 g/mol. The molecular formula is C13H17CuO3+. The van der Waals surface area contributed by atoms with Crippen LogP contribution in [-0.4, -0.2) is 11.1 Å². The Morgan fingerprint density at radius 2 is 1.71 bits per heavy atom. The fourth-order valence-corrected chi connectivity index (χ4v) is 1.60. The third kappa shape index (κ3) is 3.48. The van der Waals surface area contributed by atoms with Gasteiger partial charge in [0.25, 0.3) is 0 Å². The quantitative estimate of drug-likeness (QED) is 0.868. The van der Waals surface area contributed by atoms with Crippen molar-refractivity contribution in [2.45, 2.75) is 39.5 Å². The molecule has 0 fully saturated rings. The summed E-state index contributed by atoms with van der Waals surface area (Å²) in [7, 11) is 0. The van der Waals surface area contributed by atoms with Gasteiger partial charge in [0.05, 0.1) is 5.56 Å². The van der Waals surface area contributed by atoms with E-state index in [0.717, 1.165) is 5.56 Å². The Hall–Kier alpha value is -0.991. The van der Waals surface area contributed by atoms with E-state index in [1.54, 1.807) is 0 Å². The van der Waals surface area contributed by atoms with Crippen molar-refractivity contribution >= 4 is 5.97 Å². The second-order valence-corrected chi connectivity index (χ2v) is 4.60. The molecule has 0 spiro atoms. The van der Waals surface area contributed by atoms with Crippen molar-refractivity contribution in [1.29, 1.82) is 0 Å². The van der Waals surface area contributed by atoms with E-state index in [0.29, 0.717) is 5.56 Å². The largest absolute Gasteiger partial charge is 2.00 e. The molecule has 0 aromatic heterocycles. The van der Waals surface area contributed by atoms with Crippen LogP contribution >= 0.6 is 0 Å². The number of rotatable bonds is 3. The first-order chi connectivity index (χ1) is 7.34. The molecule has 1 N–H and O–H groups in total. The van der Waals surface area contributed by atoms with Crippen molar-refractivity contribution in [3.63, 3.8) is 0 Å². The average molecular weight is 285 g/mol. The molecule has 1 radical (unpaired) electrons. The molecule has 0 aliphatic carbocycles. The summed E-state index contributed by atoms with van der Waals surface area (Å²) in [5, 5.41) is 20.8. The fraction of sp³-hybridized carbons (Fsp3) is 0.462. The Labute approximate surface area is 112 Å². The Morgan fingerprint density at radius 3 is 2.06 bits per heavy atom. The van der Waals surface area contributed by atoms with Crippen LogP contribution in [-0.2, 0) is 17.1 Å². The summed E-state index contributed by atoms with van der Waals surface area (Å²) < 4.78 is 0. The van der Waals surface area contributed by atoms with Crippen LogP contribution in [0.5, 0.6) is 5.75 Å². The zero-order valence-electron chi connectivity index (χ0n) is 10.4. The maximum atomic E-state index is 11.8. The van der Waals surface area contributed by atoms with Crippen LogP contribution < -0.4 is 5.11 Å². The average Bonchev–Trinajstić information content (AvgIpc) is 2.16. The SMILES string of the molecule is CC(C)c1cc(C(=O)O)c([O-])c(C(C)C)c1.[Cu+2]. The molecule has 17 heavy (non-hydrogen) atoms. The number of benzene rings is 1. The maximum absolute atomic E-state index is 11.8. The summed E-state index contributed by atoms with van der Waals surface area (Å²) in [6.45, 7) is 7.75. The first kappa shape index (κ1) is 16.0. The third-order valence-corrected chi connectivity index (χ3v) is 2.66. The van der Waals surface area contributed by atoms with Crippen molar-refractivity contribution in [2.75, 3.05) is 0 Å². The van der Waals surface area contributed by atoms with E-state index in [9.17, 15) is 9.90 Å². The summed E-state index contributed by atoms with van der Waals surface area (Å²) in [4.78, 5) is 11.0. The molecule has 1 aromatic rings. The predicted molar refractivity (Wildman–Crippen MR) is 61.0 cm³/mol. The van der Waals surface area contributed by atoms with Gasteiger partial charge < -0.3 is 10.2 Å². The second kappa shape index (κ2) is 6.08. The van der Waals surface area contributed by atoms with Crippen LogP contribution in [0.1, 0.15) is 61.0 Å². The van der Waals surface area contributed by atoms with Gasteiger partial charge in [-0.2, -0.15) is 0 Å². The molecule has 0 aliphatic rings. The second-order valence-electron chi connectivity index (χ2n) is 4.60. The predicted octanol–water partition coefficient (Wildman–Crippen LogP) is 2.70. The molecule has 0 atom stereocenters. The fourth-order valence-electron chi connectivity index (χ4n) is 1.60. The summed E-state index contributed by atoms with van der Waals surface area (Å²) >= 11 is 0. The zero-order valence-corrected chi connectivity index (χ0v) is 11.3. The summed E-state index contributed by atoms with van der Waals surface area (Å²) in [5.41, 5.74) is 1.37. The normalized spacial score (nSPS) is 10.5. The monoisotopic (exact) mass is 284 g/mol. The van der Waals surface area contributed by atoms with Crippen LogP contribution in [0.2, 0.25) is 0 Å². The van der Waals surface area contributed by atoms with E-state index in [-0.39, 0.29) is 40.2 Å². The number of carbonyl (C=O) groups is 1. The van der Waals surface area contributed by atoms with Crippen molar-refractivity contribution < 1.29 is 32.1 Å². The Morgan fingerprint density at radius 1 is 1.18 bits per heavy atom. The van der Waals surface area contributed by atoms with Gasteiger partial charge >= 0.3 is 23.0 Å². The van der Waals surface area contributed by atoms with Gasteiger partial charge in [-0.15, -0.1) is 0 Å². The summed E-state index contributed by atoms with van der Waals surface area (Å²) in [6, 6.07) is 3.31. The molecule has 4 heteroatoms. The van der Waals surface area contributed by atoms with Crippen LogP contribution in [0.4, 0.5) is 0 Å². The topological polar surface area (TPSA) is 60.4 Å². The standard InChI is InChI=1S/C13H18O3.Cu/c1-7(2)9-5-10(8(3)4)12(14)11(6-9)13(15)16;/h5-8,14H,1-4H3,(H,15,16);/q;+2/p-1. The minimum atomic E-state index is -1.14. The molecule has 3 nitrogen and oxygen atoms in total. The van der Waals surface area contributed by atoms with E-state index in [1.165, 1.54) is 6.07 Å². The zero-order chi connectivity index (χ0) is 12.5. The van der Waals surface area contributed by atoms with Gasteiger partial charge in [0, 0.05) is 0 Å². The van der Waals surface area contributed by atoms with Gasteiger partial charge in [0.15, 0.2) is 0 Å². The first-order valence-corrected chi connectivity index (χ1v) is 5.42. The molecule has 0 heterocycles. The number of hydrogen-bond donors (Lipinski definition) is 1. The minimum Gasteiger partial charge on any atom is -0.872 e. The summed E-state index contributed by atoms with van der Waals surface area (Å²) in [5.74, 6) is -1.23.